The fourth-order valence-corrected chi connectivity index (χ4v) is 2.03. The van der Waals surface area contributed by atoms with Gasteiger partial charge in [-0.3, -0.25) is 5.32 Å². The molecule has 1 aromatic carbocycles. The molecule has 0 unspecified atom stereocenters. The molecule has 1 aliphatic carbocycles. The quantitative estimate of drug-likeness (QED) is 0.784. The van der Waals surface area contributed by atoms with Crippen molar-refractivity contribution in [1.82, 2.24) is 0 Å². The van der Waals surface area contributed by atoms with Crippen LogP contribution in [0.1, 0.15) is 46.0 Å². The third-order valence-electron chi connectivity index (χ3n) is 2.94. The highest BCUT2D eigenvalue weighted by Crippen LogP contribution is 2.21. The second kappa shape index (κ2) is 8.40. The first-order valence-electron chi connectivity index (χ1n) is 7.01. The largest absolute Gasteiger partial charge is 0.508 e. The Kier molecular flexibility index (Phi) is 6.79. The van der Waals surface area contributed by atoms with Gasteiger partial charge < -0.3 is 9.84 Å². The molecule has 4 heteroatoms. The number of aromatic hydroxyl groups is 1. The number of carbonyl (C=O) groups excluding carboxylic acids is 1. The van der Waals surface area contributed by atoms with Crippen molar-refractivity contribution >= 4 is 11.8 Å². The lowest BCUT2D eigenvalue weighted by Crippen LogP contribution is -2.24. The molecule has 2 N–H and O–H groups in total. The molecular formula is C15H23NO3. The van der Waals surface area contributed by atoms with Gasteiger partial charge in [0.25, 0.3) is 0 Å². The number of benzene rings is 1. The molecule has 2 rings (SSSR count). The van der Waals surface area contributed by atoms with E-state index >= 15 is 0 Å². The maximum Gasteiger partial charge on any atom is 0.411 e. The summed E-state index contributed by atoms with van der Waals surface area (Å²) >= 11 is 0. The Morgan fingerprint density at radius 1 is 1.16 bits per heavy atom. The van der Waals surface area contributed by atoms with E-state index in [1.54, 1.807) is 12.1 Å². The van der Waals surface area contributed by atoms with E-state index in [0.29, 0.717) is 5.69 Å². The maximum atomic E-state index is 11.6. The van der Waals surface area contributed by atoms with E-state index < -0.39 is 6.09 Å². The first-order chi connectivity index (χ1) is 9.24. The Balaban J connectivity index is 0.000000861. The summed E-state index contributed by atoms with van der Waals surface area (Å²) in [5, 5.41) is 11.8. The van der Waals surface area contributed by atoms with Crippen molar-refractivity contribution in [2.45, 2.75) is 52.1 Å². The summed E-state index contributed by atoms with van der Waals surface area (Å²) in [6, 6.07) is 6.32. The van der Waals surface area contributed by atoms with Crippen molar-refractivity contribution in [3.8, 4) is 5.75 Å². The second-order valence-electron chi connectivity index (χ2n) is 4.34. The SMILES string of the molecule is CC.O=C(Nc1ccc(O)cc1)OC1CCCCC1. The van der Waals surface area contributed by atoms with Crippen LogP contribution in [0.5, 0.6) is 5.75 Å². The van der Waals surface area contributed by atoms with E-state index in [2.05, 4.69) is 5.32 Å². The van der Waals surface area contributed by atoms with Gasteiger partial charge in [0, 0.05) is 5.69 Å². The maximum absolute atomic E-state index is 11.6. The predicted molar refractivity (Wildman–Crippen MR) is 76.4 cm³/mol. The summed E-state index contributed by atoms with van der Waals surface area (Å²) in [5.74, 6) is 0.177. The molecule has 4 nitrogen and oxygen atoms in total. The van der Waals surface area contributed by atoms with Crippen molar-refractivity contribution in [1.29, 1.82) is 0 Å². The fourth-order valence-electron chi connectivity index (χ4n) is 2.03. The van der Waals surface area contributed by atoms with Gasteiger partial charge in [0.05, 0.1) is 0 Å². The Morgan fingerprint density at radius 3 is 2.32 bits per heavy atom. The third kappa shape index (κ3) is 5.64. The lowest BCUT2D eigenvalue weighted by atomic mass is 9.98. The van der Waals surface area contributed by atoms with Gasteiger partial charge in [-0.1, -0.05) is 20.3 Å². The Bertz CT molecular complexity index is 369. The zero-order chi connectivity index (χ0) is 14.1. The minimum absolute atomic E-state index is 0.0564. The van der Waals surface area contributed by atoms with Crippen LogP contribution in [0.25, 0.3) is 0 Å². The molecule has 1 saturated carbocycles. The van der Waals surface area contributed by atoms with E-state index in [1.807, 2.05) is 13.8 Å². The van der Waals surface area contributed by atoms with E-state index in [9.17, 15) is 4.79 Å². The average Bonchev–Trinajstić information content (AvgIpc) is 2.45. The molecule has 1 aromatic rings. The molecule has 0 saturated heterocycles. The normalized spacial score (nSPS) is 15.1. The summed E-state index contributed by atoms with van der Waals surface area (Å²) in [5.41, 5.74) is 0.628. The summed E-state index contributed by atoms with van der Waals surface area (Å²) in [4.78, 5) is 11.6. The number of hydrogen-bond acceptors (Lipinski definition) is 3. The zero-order valence-corrected chi connectivity index (χ0v) is 11.7. The molecular weight excluding hydrogens is 242 g/mol. The van der Waals surface area contributed by atoms with Gasteiger partial charge in [-0.05, 0) is 49.9 Å². The lowest BCUT2D eigenvalue weighted by molar-refractivity contribution is 0.0865. The number of carbonyl (C=O) groups is 1. The van der Waals surface area contributed by atoms with Crippen LogP contribution in [0, 0.1) is 0 Å². The molecule has 1 aliphatic rings. The van der Waals surface area contributed by atoms with Crippen molar-refractivity contribution in [2.75, 3.05) is 5.32 Å². The lowest BCUT2D eigenvalue weighted by Gasteiger charge is -2.21. The number of amides is 1. The summed E-state index contributed by atoms with van der Waals surface area (Å²) < 4.78 is 5.31. The minimum Gasteiger partial charge on any atom is -0.508 e. The van der Waals surface area contributed by atoms with Crippen LogP contribution in [0.3, 0.4) is 0 Å². The molecule has 0 aromatic heterocycles. The first-order valence-corrected chi connectivity index (χ1v) is 7.01. The molecule has 0 aliphatic heterocycles. The van der Waals surface area contributed by atoms with Crippen molar-refractivity contribution in [3.05, 3.63) is 24.3 Å². The van der Waals surface area contributed by atoms with Crippen LogP contribution in [0.15, 0.2) is 24.3 Å². The molecule has 0 atom stereocenters. The Morgan fingerprint density at radius 2 is 1.74 bits per heavy atom. The fraction of sp³-hybridized carbons (Fsp3) is 0.533. The molecule has 0 spiro atoms. The highest BCUT2D eigenvalue weighted by Gasteiger charge is 2.17. The molecule has 0 bridgehead atoms. The number of hydrogen-bond donors (Lipinski definition) is 2. The van der Waals surface area contributed by atoms with Crippen LogP contribution >= 0.6 is 0 Å². The number of anilines is 1. The monoisotopic (exact) mass is 265 g/mol. The highest BCUT2D eigenvalue weighted by molar-refractivity contribution is 5.84. The topological polar surface area (TPSA) is 58.6 Å². The van der Waals surface area contributed by atoms with Crippen LogP contribution in [0.2, 0.25) is 0 Å². The standard InChI is InChI=1S/C13H17NO3.C2H6/c15-11-8-6-10(7-9-11)14-13(16)17-12-4-2-1-3-5-12;1-2/h6-9,12,15H,1-5H2,(H,14,16);1-2H3. The van der Waals surface area contributed by atoms with E-state index in [-0.39, 0.29) is 11.9 Å². The summed E-state index contributed by atoms with van der Waals surface area (Å²) in [7, 11) is 0. The molecule has 0 radical (unpaired) electrons. The van der Waals surface area contributed by atoms with Crippen molar-refractivity contribution in [3.63, 3.8) is 0 Å². The van der Waals surface area contributed by atoms with Gasteiger partial charge >= 0.3 is 6.09 Å². The Labute approximate surface area is 114 Å². The number of phenols is 1. The third-order valence-corrected chi connectivity index (χ3v) is 2.94. The van der Waals surface area contributed by atoms with E-state index in [4.69, 9.17) is 9.84 Å². The van der Waals surface area contributed by atoms with Gasteiger partial charge in [0.2, 0.25) is 0 Å². The average molecular weight is 265 g/mol. The summed E-state index contributed by atoms with van der Waals surface area (Å²) in [6.45, 7) is 4.00. The molecule has 0 heterocycles. The molecule has 1 fully saturated rings. The van der Waals surface area contributed by atoms with Gasteiger partial charge in [-0.15, -0.1) is 0 Å². The Hall–Kier alpha value is -1.71. The number of ether oxygens (including phenoxy) is 1. The highest BCUT2D eigenvalue weighted by atomic mass is 16.6. The van der Waals surface area contributed by atoms with Crippen LogP contribution < -0.4 is 5.32 Å². The van der Waals surface area contributed by atoms with E-state index in [1.165, 1.54) is 18.6 Å². The zero-order valence-electron chi connectivity index (χ0n) is 11.7. The van der Waals surface area contributed by atoms with Crippen LogP contribution in [0.4, 0.5) is 10.5 Å². The molecule has 106 valence electrons. The second-order valence-corrected chi connectivity index (χ2v) is 4.34. The van der Waals surface area contributed by atoms with Crippen molar-refractivity contribution in [2.24, 2.45) is 0 Å². The van der Waals surface area contributed by atoms with Gasteiger partial charge in [0.15, 0.2) is 0 Å². The van der Waals surface area contributed by atoms with Crippen molar-refractivity contribution < 1.29 is 14.6 Å². The summed E-state index contributed by atoms with van der Waals surface area (Å²) in [6.07, 6.45) is 5.07. The van der Waals surface area contributed by atoms with E-state index in [0.717, 1.165) is 25.7 Å². The number of nitrogens with one attached hydrogen (secondary N) is 1. The minimum atomic E-state index is -0.414. The molecule has 1 amide bonds. The number of phenolic OH excluding ortho intramolecular Hbond substituents is 1. The molecule has 19 heavy (non-hydrogen) atoms. The van der Waals surface area contributed by atoms with Gasteiger partial charge in [-0.2, -0.15) is 0 Å². The predicted octanol–water partition coefficient (Wildman–Crippen LogP) is 4.30. The van der Waals surface area contributed by atoms with Gasteiger partial charge in [0.1, 0.15) is 11.9 Å². The first kappa shape index (κ1) is 15.3. The smallest absolute Gasteiger partial charge is 0.411 e. The van der Waals surface area contributed by atoms with Crippen LogP contribution in [-0.2, 0) is 4.74 Å². The number of rotatable bonds is 2. The van der Waals surface area contributed by atoms with Gasteiger partial charge in [-0.25, -0.2) is 4.79 Å². The van der Waals surface area contributed by atoms with Crippen LogP contribution in [-0.4, -0.2) is 17.3 Å².